The number of hydrogen-bond donors (Lipinski definition) is 2. The lowest BCUT2D eigenvalue weighted by molar-refractivity contribution is 0.0321. The maximum Gasteiger partial charge on any atom is 0.195 e. The average molecular weight is 535 g/mol. The van der Waals surface area contributed by atoms with Crippen molar-refractivity contribution < 1.29 is 9.53 Å². The zero-order valence-electron chi connectivity index (χ0n) is 20.3. The van der Waals surface area contributed by atoms with E-state index in [2.05, 4.69) is 50.6 Å². The Labute approximate surface area is 214 Å². The smallest absolute Gasteiger partial charge is 0.195 e. The third-order valence-electron chi connectivity index (χ3n) is 8.21. The van der Waals surface area contributed by atoms with E-state index in [1.807, 2.05) is 24.3 Å². The number of carbonyl (C=O) groups is 1. The topological polar surface area (TPSA) is 72.4 Å². The van der Waals surface area contributed by atoms with E-state index in [0.717, 1.165) is 95.6 Å². The second-order valence-corrected chi connectivity index (χ2v) is 11.3. The van der Waals surface area contributed by atoms with Crippen LogP contribution in [0.3, 0.4) is 0 Å². The predicted molar refractivity (Wildman–Crippen MR) is 144 cm³/mol. The fourth-order valence-corrected chi connectivity index (χ4v) is 6.76. The van der Waals surface area contributed by atoms with Crippen LogP contribution in [0.5, 0.6) is 0 Å². The molecule has 182 valence electrons. The van der Waals surface area contributed by atoms with Gasteiger partial charge in [-0.1, -0.05) is 26.0 Å². The highest BCUT2D eigenvalue weighted by Gasteiger charge is 2.40. The molecule has 0 spiro atoms. The molecular weight excluding hydrogens is 504 g/mol. The van der Waals surface area contributed by atoms with Crippen molar-refractivity contribution >= 4 is 44.5 Å². The zero-order chi connectivity index (χ0) is 24.3. The Hall–Kier alpha value is -2.48. The van der Waals surface area contributed by atoms with Gasteiger partial charge in [0.1, 0.15) is 0 Å². The van der Waals surface area contributed by atoms with Crippen LogP contribution in [-0.2, 0) is 10.2 Å². The average Bonchev–Trinajstić information content (AvgIpc) is 3.28. The van der Waals surface area contributed by atoms with E-state index in [9.17, 15) is 4.79 Å². The predicted octanol–water partition coefficient (Wildman–Crippen LogP) is 5.10. The molecule has 1 aromatic heterocycles. The summed E-state index contributed by atoms with van der Waals surface area (Å²) in [4.78, 5) is 22.4. The van der Waals surface area contributed by atoms with Crippen LogP contribution in [0.1, 0.15) is 59.4 Å². The van der Waals surface area contributed by atoms with E-state index in [-0.39, 0.29) is 11.2 Å². The standard InChI is InChI=1S/C28H31BrN4O2/c1-28(2)21-15-24(33-9-7-32(8-10-33)18-5-11-35-12-6-18)22(29)14-20(21)26(34)25-19-4-3-17(16-30)13-23(19)31-27(25)28/h3-4,13-16,18,30-31H,5-12H2,1-2H3. The molecule has 3 aliphatic rings. The number of halogens is 1. The summed E-state index contributed by atoms with van der Waals surface area (Å²) in [6.07, 6.45) is 3.60. The van der Waals surface area contributed by atoms with Gasteiger partial charge in [0.05, 0.1) is 11.3 Å². The first-order valence-electron chi connectivity index (χ1n) is 12.5. The van der Waals surface area contributed by atoms with E-state index in [0.29, 0.717) is 6.04 Å². The third kappa shape index (κ3) is 3.67. The summed E-state index contributed by atoms with van der Waals surface area (Å²) in [5, 5.41) is 8.52. The zero-order valence-corrected chi connectivity index (χ0v) is 21.9. The van der Waals surface area contributed by atoms with Crippen LogP contribution in [0, 0.1) is 5.41 Å². The minimum Gasteiger partial charge on any atom is -0.381 e. The lowest BCUT2D eigenvalue weighted by atomic mass is 9.71. The highest BCUT2D eigenvalue weighted by atomic mass is 79.9. The number of fused-ring (bicyclic) bond motifs is 4. The molecule has 7 heteroatoms. The van der Waals surface area contributed by atoms with E-state index in [1.54, 1.807) is 0 Å². The van der Waals surface area contributed by atoms with Crippen LogP contribution < -0.4 is 4.90 Å². The lowest BCUT2D eigenvalue weighted by Gasteiger charge is -2.42. The molecule has 0 unspecified atom stereocenters. The Morgan fingerprint density at radius 3 is 2.57 bits per heavy atom. The molecule has 2 N–H and O–H groups in total. The fourth-order valence-electron chi connectivity index (χ4n) is 6.17. The molecule has 2 saturated heterocycles. The minimum absolute atomic E-state index is 0.0692. The van der Waals surface area contributed by atoms with Gasteiger partial charge in [-0.3, -0.25) is 9.69 Å². The first-order valence-corrected chi connectivity index (χ1v) is 13.3. The van der Waals surface area contributed by atoms with Gasteiger partial charge >= 0.3 is 0 Å². The molecule has 0 saturated carbocycles. The van der Waals surface area contributed by atoms with Crippen molar-refractivity contribution in [2.24, 2.45) is 0 Å². The first-order chi connectivity index (χ1) is 16.9. The van der Waals surface area contributed by atoms with Gasteiger partial charge in [-0.15, -0.1) is 0 Å². The molecule has 0 radical (unpaired) electrons. The molecule has 2 fully saturated rings. The summed E-state index contributed by atoms with van der Waals surface area (Å²) >= 11 is 3.81. The van der Waals surface area contributed by atoms with Crippen molar-refractivity contribution in [1.29, 1.82) is 5.41 Å². The number of anilines is 1. The number of piperazine rings is 1. The Morgan fingerprint density at radius 1 is 1.11 bits per heavy atom. The van der Waals surface area contributed by atoms with Crippen molar-refractivity contribution in [1.82, 2.24) is 9.88 Å². The fraction of sp³-hybridized carbons (Fsp3) is 0.429. The summed E-state index contributed by atoms with van der Waals surface area (Å²) in [5.74, 6) is 0.0692. The van der Waals surface area contributed by atoms with E-state index in [1.165, 1.54) is 11.9 Å². The molecule has 2 aliphatic heterocycles. The highest BCUT2D eigenvalue weighted by molar-refractivity contribution is 9.10. The number of aromatic nitrogens is 1. The molecule has 3 heterocycles. The Kier molecular flexibility index (Phi) is 5.62. The number of benzene rings is 2. The quantitative estimate of drug-likeness (QED) is 0.458. The Balaban J connectivity index is 1.34. The summed E-state index contributed by atoms with van der Waals surface area (Å²) in [6.45, 7) is 10.2. The number of ketones is 1. The maximum absolute atomic E-state index is 13.8. The number of aromatic amines is 1. The Bertz CT molecular complexity index is 1330. The number of ether oxygens (including phenoxy) is 1. The van der Waals surface area contributed by atoms with Gasteiger partial charge in [-0.25, -0.2) is 0 Å². The monoisotopic (exact) mass is 534 g/mol. The largest absolute Gasteiger partial charge is 0.381 e. The van der Waals surface area contributed by atoms with Gasteiger partial charge in [0.2, 0.25) is 0 Å². The highest BCUT2D eigenvalue weighted by Crippen LogP contribution is 2.46. The van der Waals surface area contributed by atoms with Gasteiger partial charge in [0, 0.05) is 83.7 Å². The van der Waals surface area contributed by atoms with Crippen LogP contribution in [0.4, 0.5) is 5.69 Å². The molecule has 3 aromatic rings. The number of nitrogens with zero attached hydrogens (tertiary/aromatic N) is 2. The molecule has 2 aromatic carbocycles. The van der Waals surface area contributed by atoms with E-state index in [4.69, 9.17) is 10.1 Å². The molecule has 6 nitrogen and oxygen atoms in total. The van der Waals surface area contributed by atoms with Gasteiger partial charge in [0.15, 0.2) is 5.78 Å². The third-order valence-corrected chi connectivity index (χ3v) is 8.84. The van der Waals surface area contributed by atoms with Gasteiger partial charge in [-0.2, -0.15) is 0 Å². The summed E-state index contributed by atoms with van der Waals surface area (Å²) in [6, 6.07) is 10.7. The van der Waals surface area contributed by atoms with Crippen LogP contribution >= 0.6 is 15.9 Å². The second kappa shape index (κ2) is 8.57. The minimum atomic E-state index is -0.345. The molecule has 0 bridgehead atoms. The van der Waals surface area contributed by atoms with Crippen LogP contribution in [0.15, 0.2) is 34.8 Å². The van der Waals surface area contributed by atoms with Crippen molar-refractivity contribution in [3.63, 3.8) is 0 Å². The van der Waals surface area contributed by atoms with Gasteiger partial charge in [-0.05, 0) is 58.1 Å². The summed E-state index contributed by atoms with van der Waals surface area (Å²) in [5.41, 5.74) is 6.12. The van der Waals surface area contributed by atoms with Gasteiger partial charge < -0.3 is 20.0 Å². The first kappa shape index (κ1) is 23.0. The number of H-pyrrole nitrogens is 1. The lowest BCUT2D eigenvalue weighted by Crippen LogP contribution is -2.51. The van der Waals surface area contributed by atoms with Crippen molar-refractivity contribution in [3.8, 4) is 0 Å². The van der Waals surface area contributed by atoms with E-state index >= 15 is 0 Å². The number of rotatable bonds is 3. The molecule has 1 aliphatic carbocycles. The number of carbonyl (C=O) groups excluding carboxylic acids is 1. The SMILES string of the molecule is CC1(C)c2cc(N3CCN(C4CCOCC4)CC3)c(Br)cc2C(=O)c2c1[nH]c1cc(C=N)ccc21. The molecule has 35 heavy (non-hydrogen) atoms. The summed E-state index contributed by atoms with van der Waals surface area (Å²) < 4.78 is 6.53. The van der Waals surface area contributed by atoms with Crippen molar-refractivity contribution in [2.75, 3.05) is 44.3 Å². The summed E-state index contributed by atoms with van der Waals surface area (Å²) in [7, 11) is 0. The van der Waals surface area contributed by atoms with Crippen LogP contribution in [0.2, 0.25) is 0 Å². The van der Waals surface area contributed by atoms with Crippen molar-refractivity contribution in [2.45, 2.75) is 38.1 Å². The number of nitrogens with one attached hydrogen (secondary N) is 2. The molecule has 0 amide bonds. The van der Waals surface area contributed by atoms with Gasteiger partial charge in [0.25, 0.3) is 0 Å². The second-order valence-electron chi connectivity index (χ2n) is 10.5. The molecule has 0 atom stereocenters. The normalized spacial score (nSPS) is 20.7. The van der Waals surface area contributed by atoms with Crippen LogP contribution in [0.25, 0.3) is 10.9 Å². The van der Waals surface area contributed by atoms with Crippen LogP contribution in [-0.4, -0.2) is 67.3 Å². The Morgan fingerprint density at radius 2 is 1.86 bits per heavy atom. The number of hydrogen-bond acceptors (Lipinski definition) is 5. The molecular formula is C28H31BrN4O2. The van der Waals surface area contributed by atoms with Crippen molar-refractivity contribution in [3.05, 3.63) is 62.8 Å². The molecule has 6 rings (SSSR count). The van der Waals surface area contributed by atoms with E-state index < -0.39 is 0 Å². The maximum atomic E-state index is 13.8.